The number of hydrogen-bond acceptors (Lipinski definition) is 6. The van der Waals surface area contributed by atoms with Gasteiger partial charge in [0.05, 0.1) is 18.4 Å². The molecule has 0 amide bonds. The number of hydrogen-bond donors (Lipinski definition) is 2. The number of nitrogens with zero attached hydrogens (tertiary/aromatic N) is 2. The first-order chi connectivity index (χ1) is 20.6. The third kappa shape index (κ3) is 5.56. The first-order valence-corrected chi connectivity index (χ1v) is 15.8. The van der Waals surface area contributed by atoms with Gasteiger partial charge in [-0.2, -0.15) is 0 Å². The zero-order chi connectivity index (χ0) is 30.4. The van der Waals surface area contributed by atoms with E-state index in [4.69, 9.17) is 21.1 Å². The fraction of sp³-hybridized carbons (Fsp3) is 0.514. The lowest BCUT2D eigenvalue weighted by molar-refractivity contribution is -0.160. The van der Waals surface area contributed by atoms with E-state index >= 15 is 0 Å². The number of aryl methyl sites for hydroxylation is 1. The Labute approximate surface area is 259 Å². The molecule has 7 nitrogen and oxygen atoms in total. The van der Waals surface area contributed by atoms with Crippen molar-refractivity contribution < 1.29 is 24.5 Å². The van der Waals surface area contributed by atoms with Crippen LogP contribution in [0.2, 0.25) is 5.02 Å². The summed E-state index contributed by atoms with van der Waals surface area (Å²) < 4.78 is 12.7. The normalized spacial score (nSPS) is 31.7. The van der Waals surface area contributed by atoms with Crippen molar-refractivity contribution in [1.82, 2.24) is 4.90 Å². The summed E-state index contributed by atoms with van der Waals surface area (Å²) in [6.07, 6.45) is 10.3. The van der Waals surface area contributed by atoms with Crippen molar-refractivity contribution in [2.24, 2.45) is 11.8 Å². The van der Waals surface area contributed by atoms with Crippen LogP contribution < -0.4 is 9.64 Å². The van der Waals surface area contributed by atoms with Crippen LogP contribution in [0.25, 0.3) is 0 Å². The highest BCUT2D eigenvalue weighted by atomic mass is 35.5. The molecule has 2 bridgehead atoms. The van der Waals surface area contributed by atoms with Crippen molar-refractivity contribution in [3.05, 3.63) is 82.5 Å². The van der Waals surface area contributed by atoms with E-state index in [1.807, 2.05) is 37.3 Å². The number of halogens is 1. The van der Waals surface area contributed by atoms with Gasteiger partial charge in [-0.25, -0.2) is 4.79 Å². The molecule has 2 aliphatic carbocycles. The second-order valence-corrected chi connectivity index (χ2v) is 13.5. The molecule has 8 heteroatoms. The summed E-state index contributed by atoms with van der Waals surface area (Å²) in [5.74, 6) is 0.271. The maximum Gasteiger partial charge on any atom is 0.340 e. The molecule has 2 N–H and O–H groups in total. The molecule has 0 radical (unpaired) electrons. The number of fused-ring (bicyclic) bond motifs is 4. The summed E-state index contributed by atoms with van der Waals surface area (Å²) in [4.78, 5) is 17.0. The number of methoxy groups -OCH3 is 1. The Balaban J connectivity index is 1.46. The van der Waals surface area contributed by atoms with E-state index in [1.165, 1.54) is 11.1 Å². The van der Waals surface area contributed by atoms with Crippen LogP contribution in [0, 0.1) is 11.8 Å². The minimum Gasteiger partial charge on any atom is -0.490 e. The quantitative estimate of drug-likeness (QED) is 0.411. The number of aliphatic carboxylic acids is 1. The molecule has 6 rings (SSSR count). The highest BCUT2D eigenvalue weighted by Crippen LogP contribution is 2.48. The lowest BCUT2D eigenvalue weighted by Gasteiger charge is -2.46. The van der Waals surface area contributed by atoms with E-state index in [-0.39, 0.29) is 17.9 Å². The minimum absolute atomic E-state index is 0.129. The number of carbonyl (C=O) groups is 1. The van der Waals surface area contributed by atoms with E-state index < -0.39 is 11.6 Å². The molecular formula is C35H43ClN2O5. The van der Waals surface area contributed by atoms with E-state index in [2.05, 4.69) is 35.8 Å². The second kappa shape index (κ2) is 11.8. The van der Waals surface area contributed by atoms with Crippen molar-refractivity contribution in [2.45, 2.75) is 62.1 Å². The predicted molar refractivity (Wildman–Crippen MR) is 169 cm³/mol. The molecule has 2 aliphatic heterocycles. The fourth-order valence-corrected chi connectivity index (χ4v) is 7.93. The van der Waals surface area contributed by atoms with Gasteiger partial charge in [-0.05, 0) is 91.3 Å². The SMILES string of the molecule is C=C1C[C@@](O)(C(=O)O)c2ccc3c(c2)N(C[C@@H]2CC[C@H]2[C@@H](OC)C/C=C\CN1C)C[C@@]1(CCCc2cc(Cl)ccc21)CO3. The summed E-state index contributed by atoms with van der Waals surface area (Å²) in [5.41, 5.74) is 1.90. The van der Waals surface area contributed by atoms with Crippen molar-refractivity contribution >= 4 is 23.3 Å². The Kier molecular flexibility index (Phi) is 8.26. The fourth-order valence-electron chi connectivity index (χ4n) is 7.73. The molecule has 2 heterocycles. The lowest BCUT2D eigenvalue weighted by atomic mass is 9.68. The van der Waals surface area contributed by atoms with Gasteiger partial charge in [0, 0.05) is 56.3 Å². The lowest BCUT2D eigenvalue weighted by Crippen LogP contribution is -2.49. The molecule has 5 atom stereocenters. The molecule has 43 heavy (non-hydrogen) atoms. The van der Waals surface area contributed by atoms with Gasteiger partial charge in [0.1, 0.15) is 5.75 Å². The number of rotatable bonds is 2. The summed E-state index contributed by atoms with van der Waals surface area (Å²) in [7, 11) is 3.68. The molecule has 1 fully saturated rings. The maximum atomic E-state index is 12.7. The van der Waals surface area contributed by atoms with Crippen molar-refractivity contribution in [3.8, 4) is 5.75 Å². The van der Waals surface area contributed by atoms with E-state index in [0.717, 1.165) is 62.3 Å². The van der Waals surface area contributed by atoms with Crippen LogP contribution in [0.3, 0.4) is 0 Å². The monoisotopic (exact) mass is 606 g/mol. The first-order valence-electron chi connectivity index (χ1n) is 15.5. The summed E-state index contributed by atoms with van der Waals surface area (Å²) >= 11 is 6.42. The number of ether oxygens (including phenoxy) is 2. The third-order valence-electron chi connectivity index (χ3n) is 10.5. The van der Waals surface area contributed by atoms with Gasteiger partial charge < -0.3 is 29.5 Å². The number of carboxylic acids is 1. The van der Waals surface area contributed by atoms with Crippen molar-refractivity contribution in [1.29, 1.82) is 0 Å². The molecule has 2 aromatic carbocycles. The molecule has 230 valence electrons. The van der Waals surface area contributed by atoms with E-state index in [1.54, 1.807) is 6.07 Å². The van der Waals surface area contributed by atoms with Crippen LogP contribution in [0.4, 0.5) is 5.69 Å². The summed E-state index contributed by atoms with van der Waals surface area (Å²) in [6, 6.07) is 11.6. The van der Waals surface area contributed by atoms with Gasteiger partial charge in [-0.1, -0.05) is 42.5 Å². The number of carboxylic acid groups (broad SMARTS) is 1. The summed E-state index contributed by atoms with van der Waals surface area (Å²) in [6.45, 7) is 6.77. The van der Waals surface area contributed by atoms with E-state index in [0.29, 0.717) is 42.0 Å². The third-order valence-corrected chi connectivity index (χ3v) is 10.7. The second-order valence-electron chi connectivity index (χ2n) is 13.1. The molecule has 1 saturated carbocycles. The molecule has 4 aliphatic rings. The Hall–Kier alpha value is -3.00. The number of benzene rings is 2. The van der Waals surface area contributed by atoms with Gasteiger partial charge in [0.15, 0.2) is 5.60 Å². The molecular weight excluding hydrogens is 564 g/mol. The molecule has 2 aromatic rings. The van der Waals surface area contributed by atoms with Crippen LogP contribution >= 0.6 is 11.6 Å². The standard InChI is InChI=1S/C35H43ClN2O5/c1-23-19-35(41,33(39)40)26-10-14-32-30(18-26)38(20-25-9-12-28(25)31(42-3)8-4-5-16-37(23)2)21-34(22-43-32)15-6-7-24-17-27(36)11-13-29(24)34/h4-5,10-11,13-14,17-18,25,28,31,41H,1,6-9,12,15-16,19-22H2,2-3H3,(H,39,40)/b5-4-/t25-,28+,31-,34-,35-/m0/s1. The Morgan fingerprint density at radius 3 is 2.77 bits per heavy atom. The van der Waals surface area contributed by atoms with Gasteiger partial charge >= 0.3 is 5.97 Å². The van der Waals surface area contributed by atoms with Crippen LogP contribution in [0.15, 0.2) is 60.8 Å². The predicted octanol–water partition coefficient (Wildman–Crippen LogP) is 5.92. The zero-order valence-electron chi connectivity index (χ0n) is 25.2. The van der Waals surface area contributed by atoms with Gasteiger partial charge in [-0.15, -0.1) is 0 Å². The Morgan fingerprint density at radius 1 is 1.19 bits per heavy atom. The highest BCUT2D eigenvalue weighted by molar-refractivity contribution is 6.30. The van der Waals surface area contributed by atoms with Gasteiger partial charge in [0.25, 0.3) is 0 Å². The van der Waals surface area contributed by atoms with Crippen molar-refractivity contribution in [3.63, 3.8) is 0 Å². The maximum absolute atomic E-state index is 12.7. The Morgan fingerprint density at radius 2 is 2.02 bits per heavy atom. The molecule has 1 spiro atoms. The van der Waals surface area contributed by atoms with E-state index in [9.17, 15) is 15.0 Å². The van der Waals surface area contributed by atoms with Crippen LogP contribution in [-0.4, -0.2) is 67.6 Å². The Bertz CT molecular complexity index is 1430. The number of aliphatic hydroxyl groups is 1. The van der Waals surface area contributed by atoms with Crippen LogP contribution in [0.1, 0.15) is 55.2 Å². The van der Waals surface area contributed by atoms with Crippen LogP contribution in [-0.2, 0) is 27.0 Å². The zero-order valence-corrected chi connectivity index (χ0v) is 26.0. The molecule has 0 unspecified atom stereocenters. The molecule has 0 aromatic heterocycles. The van der Waals surface area contributed by atoms with Crippen molar-refractivity contribution in [2.75, 3.05) is 45.3 Å². The highest BCUT2D eigenvalue weighted by Gasteiger charge is 2.46. The smallest absolute Gasteiger partial charge is 0.340 e. The van der Waals surface area contributed by atoms with Gasteiger partial charge in [0.2, 0.25) is 0 Å². The van der Waals surface area contributed by atoms with Crippen LogP contribution in [0.5, 0.6) is 5.75 Å². The first kappa shape index (κ1) is 30.0. The average Bonchev–Trinajstić information content (AvgIpc) is 3.12. The summed E-state index contributed by atoms with van der Waals surface area (Å²) in [5, 5.41) is 22.8. The number of anilines is 1. The topological polar surface area (TPSA) is 82.5 Å². The largest absolute Gasteiger partial charge is 0.490 e. The average molecular weight is 607 g/mol. The number of likely N-dealkylation sites (N-methyl/N-ethyl adjacent to an activating group) is 1. The molecule has 0 saturated heterocycles. The minimum atomic E-state index is -2.13. The van der Waals surface area contributed by atoms with Gasteiger partial charge in [-0.3, -0.25) is 0 Å².